The third kappa shape index (κ3) is 3.56. The first-order valence-electron chi connectivity index (χ1n) is 9.25. The first-order valence-corrected chi connectivity index (χ1v) is 9.25. The molecule has 1 heterocycles. The Hall–Kier alpha value is -1.88. The van der Waals surface area contributed by atoms with Gasteiger partial charge in [0.05, 0.1) is 11.3 Å². The molecule has 3 rings (SSSR count). The van der Waals surface area contributed by atoms with Crippen molar-refractivity contribution in [2.75, 3.05) is 19.8 Å². The van der Waals surface area contributed by atoms with E-state index in [9.17, 15) is 14.7 Å². The lowest BCUT2D eigenvalue weighted by molar-refractivity contribution is -0.147. The van der Waals surface area contributed by atoms with Crippen molar-refractivity contribution in [3.8, 4) is 0 Å². The average molecular weight is 345 g/mol. The van der Waals surface area contributed by atoms with E-state index in [1.165, 1.54) is 0 Å². The lowest BCUT2D eigenvalue weighted by Crippen LogP contribution is -2.47. The summed E-state index contributed by atoms with van der Waals surface area (Å²) in [6, 6.07) is 7.58. The molecule has 0 bridgehead atoms. The molecular weight excluding hydrogens is 318 g/mol. The van der Waals surface area contributed by atoms with Gasteiger partial charge in [0, 0.05) is 26.3 Å². The summed E-state index contributed by atoms with van der Waals surface area (Å²) >= 11 is 0. The Morgan fingerprint density at radius 3 is 2.68 bits per heavy atom. The molecule has 1 N–H and O–H groups in total. The van der Waals surface area contributed by atoms with Gasteiger partial charge in [-0.2, -0.15) is 0 Å². The summed E-state index contributed by atoms with van der Waals surface area (Å²) in [6.07, 6.45) is 4.62. The second-order valence-corrected chi connectivity index (χ2v) is 7.21. The molecule has 1 saturated carbocycles. The molecule has 0 aromatic heterocycles. The molecule has 0 radical (unpaired) electrons. The molecule has 1 aromatic rings. The predicted octanol–water partition coefficient (Wildman–Crippen LogP) is 3.18. The molecule has 0 saturated heterocycles. The molecule has 5 heteroatoms. The normalized spacial score (nSPS) is 21.8. The highest BCUT2D eigenvalue weighted by Crippen LogP contribution is 2.44. The Labute approximate surface area is 149 Å². The standard InChI is InChI=1S/C20H27NO4/c1-2-25-12-11-20(9-5-6-10-20)19(24)21-13-15-7-3-4-8-16(15)17(14-21)18(22)23/h3-4,7-8,17H,2,5-6,9-14H2,1H3,(H,22,23). The maximum atomic E-state index is 13.4. The van der Waals surface area contributed by atoms with Crippen LogP contribution in [0, 0.1) is 5.41 Å². The third-order valence-electron chi connectivity index (χ3n) is 5.72. The van der Waals surface area contributed by atoms with E-state index in [1.807, 2.05) is 31.2 Å². The number of carboxylic acid groups (broad SMARTS) is 1. The van der Waals surface area contributed by atoms with Crippen LogP contribution < -0.4 is 0 Å². The highest BCUT2D eigenvalue weighted by molar-refractivity contribution is 5.85. The Balaban J connectivity index is 1.83. The Kier molecular flexibility index (Phi) is 5.42. The van der Waals surface area contributed by atoms with Gasteiger partial charge in [0.2, 0.25) is 5.91 Å². The van der Waals surface area contributed by atoms with Crippen LogP contribution in [0.4, 0.5) is 0 Å². The number of carbonyl (C=O) groups excluding carboxylic acids is 1. The van der Waals surface area contributed by atoms with Crippen molar-refractivity contribution in [3.63, 3.8) is 0 Å². The molecule has 25 heavy (non-hydrogen) atoms. The van der Waals surface area contributed by atoms with Gasteiger partial charge in [-0.15, -0.1) is 0 Å². The molecule has 1 amide bonds. The number of hydrogen-bond acceptors (Lipinski definition) is 3. The number of benzene rings is 1. The van der Waals surface area contributed by atoms with Crippen molar-refractivity contribution in [3.05, 3.63) is 35.4 Å². The number of nitrogens with zero attached hydrogens (tertiary/aromatic N) is 1. The van der Waals surface area contributed by atoms with Crippen LogP contribution in [0.25, 0.3) is 0 Å². The zero-order chi connectivity index (χ0) is 17.9. The number of aliphatic carboxylic acids is 1. The van der Waals surface area contributed by atoms with Gasteiger partial charge in [-0.1, -0.05) is 37.1 Å². The van der Waals surface area contributed by atoms with E-state index in [2.05, 4.69) is 0 Å². The van der Waals surface area contributed by atoms with Gasteiger partial charge in [0.1, 0.15) is 0 Å². The van der Waals surface area contributed by atoms with Gasteiger partial charge < -0.3 is 14.7 Å². The molecular formula is C20H27NO4. The minimum atomic E-state index is -0.861. The maximum Gasteiger partial charge on any atom is 0.312 e. The molecule has 2 aliphatic rings. The Morgan fingerprint density at radius 1 is 1.28 bits per heavy atom. The molecule has 0 spiro atoms. The first-order chi connectivity index (χ1) is 12.1. The number of fused-ring (bicyclic) bond motifs is 1. The highest BCUT2D eigenvalue weighted by atomic mass is 16.5. The fraction of sp³-hybridized carbons (Fsp3) is 0.600. The van der Waals surface area contributed by atoms with Crippen molar-refractivity contribution >= 4 is 11.9 Å². The number of amides is 1. The highest BCUT2D eigenvalue weighted by Gasteiger charge is 2.45. The summed E-state index contributed by atoms with van der Waals surface area (Å²) in [4.78, 5) is 26.9. The van der Waals surface area contributed by atoms with Crippen LogP contribution in [0.2, 0.25) is 0 Å². The number of rotatable bonds is 6. The smallest absolute Gasteiger partial charge is 0.312 e. The number of ether oxygens (including phenoxy) is 1. The van der Waals surface area contributed by atoms with Crippen LogP contribution in [-0.4, -0.2) is 41.6 Å². The minimum Gasteiger partial charge on any atom is -0.481 e. The summed E-state index contributed by atoms with van der Waals surface area (Å²) < 4.78 is 5.51. The number of carbonyl (C=O) groups is 2. The summed E-state index contributed by atoms with van der Waals surface area (Å²) in [7, 11) is 0. The summed E-state index contributed by atoms with van der Waals surface area (Å²) in [6.45, 7) is 3.98. The van der Waals surface area contributed by atoms with Gasteiger partial charge >= 0.3 is 5.97 Å². The average Bonchev–Trinajstić information content (AvgIpc) is 3.10. The van der Waals surface area contributed by atoms with Crippen LogP contribution in [0.5, 0.6) is 0 Å². The van der Waals surface area contributed by atoms with Crippen LogP contribution in [0.1, 0.15) is 56.1 Å². The molecule has 1 atom stereocenters. The molecule has 1 fully saturated rings. The van der Waals surface area contributed by atoms with Gasteiger partial charge in [-0.05, 0) is 37.3 Å². The molecule has 1 aliphatic carbocycles. The van der Waals surface area contributed by atoms with Gasteiger partial charge in [0.25, 0.3) is 0 Å². The first kappa shape index (κ1) is 17.9. The Bertz CT molecular complexity index is 636. The Morgan fingerprint density at radius 2 is 2.00 bits per heavy atom. The molecule has 5 nitrogen and oxygen atoms in total. The quantitative estimate of drug-likeness (QED) is 0.804. The van der Waals surface area contributed by atoms with Crippen molar-refractivity contribution < 1.29 is 19.4 Å². The number of carboxylic acids is 1. The van der Waals surface area contributed by atoms with Crippen LogP contribution in [0.3, 0.4) is 0 Å². The summed E-state index contributed by atoms with van der Waals surface area (Å²) in [5, 5.41) is 9.63. The van der Waals surface area contributed by atoms with E-state index >= 15 is 0 Å². The van der Waals surface area contributed by atoms with Crippen molar-refractivity contribution in [1.29, 1.82) is 0 Å². The largest absolute Gasteiger partial charge is 0.481 e. The van der Waals surface area contributed by atoms with Crippen LogP contribution >= 0.6 is 0 Å². The summed E-state index contributed by atoms with van der Waals surface area (Å²) in [5.74, 6) is -1.38. The van der Waals surface area contributed by atoms with Crippen LogP contribution in [0.15, 0.2) is 24.3 Å². The predicted molar refractivity (Wildman–Crippen MR) is 94.2 cm³/mol. The molecule has 1 aliphatic heterocycles. The van der Waals surface area contributed by atoms with Crippen LogP contribution in [-0.2, 0) is 20.9 Å². The van der Waals surface area contributed by atoms with Gasteiger partial charge in [-0.25, -0.2) is 0 Å². The zero-order valence-electron chi connectivity index (χ0n) is 14.9. The van der Waals surface area contributed by atoms with E-state index in [0.29, 0.717) is 19.8 Å². The van der Waals surface area contributed by atoms with E-state index in [4.69, 9.17) is 4.74 Å². The zero-order valence-corrected chi connectivity index (χ0v) is 14.9. The fourth-order valence-corrected chi connectivity index (χ4v) is 4.34. The lowest BCUT2D eigenvalue weighted by Gasteiger charge is -2.39. The molecule has 1 aromatic carbocycles. The molecule has 136 valence electrons. The second-order valence-electron chi connectivity index (χ2n) is 7.21. The lowest BCUT2D eigenvalue weighted by atomic mass is 9.80. The SMILES string of the molecule is CCOCCC1(C(=O)N2Cc3ccccc3C(C(=O)O)C2)CCCC1. The fourth-order valence-electron chi connectivity index (χ4n) is 4.34. The van der Waals surface area contributed by atoms with E-state index in [1.54, 1.807) is 4.90 Å². The number of hydrogen-bond donors (Lipinski definition) is 1. The van der Waals surface area contributed by atoms with E-state index in [-0.39, 0.29) is 17.9 Å². The monoisotopic (exact) mass is 345 g/mol. The van der Waals surface area contributed by atoms with Crippen molar-refractivity contribution in [2.24, 2.45) is 5.41 Å². The van der Waals surface area contributed by atoms with E-state index in [0.717, 1.165) is 43.2 Å². The van der Waals surface area contributed by atoms with E-state index < -0.39 is 11.9 Å². The molecule has 1 unspecified atom stereocenters. The minimum absolute atomic E-state index is 0.116. The third-order valence-corrected chi connectivity index (χ3v) is 5.72. The van der Waals surface area contributed by atoms with Crippen molar-refractivity contribution in [2.45, 2.75) is 51.5 Å². The topological polar surface area (TPSA) is 66.8 Å². The van der Waals surface area contributed by atoms with Crippen molar-refractivity contribution in [1.82, 2.24) is 4.90 Å². The summed E-state index contributed by atoms with van der Waals surface area (Å²) in [5.41, 5.74) is 1.42. The van der Waals surface area contributed by atoms with Gasteiger partial charge in [0.15, 0.2) is 0 Å². The second kappa shape index (κ2) is 7.56. The maximum absolute atomic E-state index is 13.4. The van der Waals surface area contributed by atoms with Gasteiger partial charge in [-0.3, -0.25) is 9.59 Å².